The molecule has 0 amide bonds. The van der Waals surface area contributed by atoms with Crippen LogP contribution in [0.5, 0.6) is 23.0 Å². The van der Waals surface area contributed by atoms with Crippen LogP contribution in [0, 0.1) is 0 Å². The van der Waals surface area contributed by atoms with Crippen molar-refractivity contribution in [2.75, 3.05) is 28.4 Å². The number of aromatic nitrogens is 6. The molecule has 4 heterocycles. The number of nitrogens with one attached hydrogen (secondary N) is 1. The average Bonchev–Trinajstić information content (AvgIpc) is 3.67. The molecule has 0 atom stereocenters. The smallest absolute Gasteiger partial charge is 0.331 e. The van der Waals surface area contributed by atoms with E-state index >= 15 is 0 Å². The van der Waals surface area contributed by atoms with E-state index in [0.29, 0.717) is 39.6 Å². The molecule has 0 fully saturated rings. The third-order valence-corrected chi connectivity index (χ3v) is 6.39. The molecule has 12 heteroatoms. The van der Waals surface area contributed by atoms with Gasteiger partial charge in [0.2, 0.25) is 5.28 Å². The standard InChI is InChI=1S/C14H12ClN3O2.C14H13N3O3/c1-19-11-4-3-9(7-12(11)20-2)10-8-13-16-5-6-18(13)14(15)17-10;1-19-11-4-3-9(7-12(11)20-2)10-8-13-15-5-6-17(13)14(18)16-10/h3-8H,1-2H3;3-8H,1-2H3,(H,16,18). The van der Waals surface area contributed by atoms with Crippen LogP contribution in [0.4, 0.5) is 0 Å². The van der Waals surface area contributed by atoms with Gasteiger partial charge in [0.1, 0.15) is 11.3 Å². The summed E-state index contributed by atoms with van der Waals surface area (Å²) in [5.74, 6) is 2.56. The molecule has 0 saturated carbocycles. The Bertz CT molecular complexity index is 1860. The Kier molecular flexibility index (Phi) is 7.56. The molecule has 4 aromatic heterocycles. The van der Waals surface area contributed by atoms with Gasteiger partial charge in [-0.3, -0.25) is 8.80 Å². The van der Waals surface area contributed by atoms with Gasteiger partial charge in [0.05, 0.1) is 39.8 Å². The molecule has 1 N–H and O–H groups in total. The summed E-state index contributed by atoms with van der Waals surface area (Å²) in [4.78, 5) is 27.5. The van der Waals surface area contributed by atoms with Gasteiger partial charge in [-0.05, 0) is 48.0 Å². The van der Waals surface area contributed by atoms with Gasteiger partial charge in [-0.15, -0.1) is 0 Å². The SMILES string of the molecule is COc1ccc(-c2cc3nccn3c(=O)[nH]2)cc1OC.COc1ccc(-c2cc3nccn3c(Cl)n2)cc1OC. The van der Waals surface area contributed by atoms with Crippen LogP contribution in [0.25, 0.3) is 33.8 Å². The van der Waals surface area contributed by atoms with Crippen molar-refractivity contribution in [3.8, 4) is 45.5 Å². The number of aromatic amines is 1. The molecular formula is C28H25ClN6O5. The van der Waals surface area contributed by atoms with Crippen molar-refractivity contribution in [2.24, 2.45) is 0 Å². The lowest BCUT2D eigenvalue weighted by Gasteiger charge is -2.09. The first-order chi connectivity index (χ1) is 19.4. The van der Waals surface area contributed by atoms with Gasteiger partial charge in [-0.25, -0.2) is 19.7 Å². The molecule has 0 aliphatic heterocycles. The number of hydrogen-bond donors (Lipinski definition) is 1. The summed E-state index contributed by atoms with van der Waals surface area (Å²) in [6.45, 7) is 0. The van der Waals surface area contributed by atoms with Gasteiger partial charge in [-0.1, -0.05) is 0 Å². The molecule has 204 valence electrons. The van der Waals surface area contributed by atoms with Gasteiger partial charge in [0, 0.05) is 48.0 Å². The van der Waals surface area contributed by atoms with Crippen LogP contribution in [-0.4, -0.2) is 57.2 Å². The maximum Gasteiger partial charge on any atom is 0.331 e. The molecule has 0 radical (unpaired) electrons. The lowest BCUT2D eigenvalue weighted by molar-refractivity contribution is 0.355. The fourth-order valence-corrected chi connectivity index (χ4v) is 4.36. The van der Waals surface area contributed by atoms with Crippen molar-refractivity contribution >= 4 is 22.9 Å². The third-order valence-electron chi connectivity index (χ3n) is 6.12. The summed E-state index contributed by atoms with van der Waals surface area (Å²) in [5, 5.41) is 0.366. The highest BCUT2D eigenvalue weighted by Gasteiger charge is 2.11. The Hall–Kier alpha value is -5.03. The predicted octanol–water partition coefficient (Wildman–Crippen LogP) is 4.77. The summed E-state index contributed by atoms with van der Waals surface area (Å²) < 4.78 is 24.1. The van der Waals surface area contributed by atoms with Crippen molar-refractivity contribution in [2.45, 2.75) is 0 Å². The fraction of sp³-hybridized carbons (Fsp3) is 0.143. The van der Waals surface area contributed by atoms with Gasteiger partial charge in [-0.2, -0.15) is 0 Å². The van der Waals surface area contributed by atoms with Gasteiger partial charge in [0.25, 0.3) is 0 Å². The summed E-state index contributed by atoms with van der Waals surface area (Å²) in [7, 11) is 6.35. The van der Waals surface area contributed by atoms with Crippen molar-refractivity contribution in [1.29, 1.82) is 0 Å². The first-order valence-electron chi connectivity index (χ1n) is 12.0. The minimum atomic E-state index is -0.232. The Morgan fingerprint density at radius 2 is 1.25 bits per heavy atom. The summed E-state index contributed by atoms with van der Waals surface area (Å²) >= 11 is 6.14. The van der Waals surface area contributed by atoms with Crippen LogP contribution in [0.2, 0.25) is 5.28 Å². The van der Waals surface area contributed by atoms with Crippen molar-refractivity contribution in [3.63, 3.8) is 0 Å². The molecule has 40 heavy (non-hydrogen) atoms. The highest BCUT2D eigenvalue weighted by molar-refractivity contribution is 6.28. The van der Waals surface area contributed by atoms with E-state index in [-0.39, 0.29) is 5.69 Å². The molecule has 6 aromatic rings. The van der Waals surface area contributed by atoms with Gasteiger partial charge < -0.3 is 23.9 Å². The first kappa shape index (κ1) is 26.6. The third kappa shape index (κ3) is 5.14. The lowest BCUT2D eigenvalue weighted by Crippen LogP contribution is -2.15. The average molecular weight is 561 g/mol. The van der Waals surface area contributed by atoms with E-state index in [4.69, 9.17) is 30.5 Å². The zero-order chi connectivity index (χ0) is 28.2. The largest absolute Gasteiger partial charge is 0.493 e. The van der Waals surface area contributed by atoms with Crippen LogP contribution < -0.4 is 24.6 Å². The summed E-state index contributed by atoms with van der Waals surface area (Å²) in [6.07, 6.45) is 6.65. The van der Waals surface area contributed by atoms with Crippen LogP contribution >= 0.6 is 11.6 Å². The van der Waals surface area contributed by atoms with E-state index in [1.54, 1.807) is 63.7 Å². The van der Waals surface area contributed by atoms with E-state index in [9.17, 15) is 4.79 Å². The molecule has 0 spiro atoms. The van der Waals surface area contributed by atoms with E-state index in [1.165, 1.54) is 4.40 Å². The molecule has 11 nitrogen and oxygen atoms in total. The number of nitrogens with zero attached hydrogens (tertiary/aromatic N) is 5. The Labute approximate surface area is 233 Å². The summed E-state index contributed by atoms with van der Waals surface area (Å²) in [5.41, 5.74) is 4.22. The zero-order valence-corrected chi connectivity index (χ0v) is 22.8. The molecule has 0 bridgehead atoms. The number of methoxy groups -OCH3 is 4. The summed E-state index contributed by atoms with van der Waals surface area (Å²) in [6, 6.07) is 14.7. The van der Waals surface area contributed by atoms with Crippen LogP contribution in [0.1, 0.15) is 0 Å². The second kappa shape index (κ2) is 11.4. The monoisotopic (exact) mass is 560 g/mol. The number of hydrogen-bond acceptors (Lipinski definition) is 8. The minimum absolute atomic E-state index is 0.232. The molecule has 2 aromatic carbocycles. The first-order valence-corrected chi connectivity index (χ1v) is 12.3. The van der Waals surface area contributed by atoms with Crippen molar-refractivity contribution in [3.05, 3.63) is 89.1 Å². The Morgan fingerprint density at radius 1 is 0.700 bits per heavy atom. The molecule has 0 aliphatic carbocycles. The highest BCUT2D eigenvalue weighted by atomic mass is 35.5. The molecule has 6 rings (SSSR count). The molecule has 0 aliphatic rings. The van der Waals surface area contributed by atoms with Gasteiger partial charge >= 0.3 is 5.69 Å². The Morgan fingerprint density at radius 3 is 1.88 bits per heavy atom. The van der Waals surface area contributed by atoms with Crippen LogP contribution in [0.3, 0.4) is 0 Å². The van der Waals surface area contributed by atoms with E-state index in [0.717, 1.165) is 22.5 Å². The fourth-order valence-electron chi connectivity index (χ4n) is 4.12. The number of H-pyrrole nitrogens is 1. The lowest BCUT2D eigenvalue weighted by atomic mass is 10.1. The second-order valence-electron chi connectivity index (χ2n) is 8.35. The quantitative estimate of drug-likeness (QED) is 0.289. The number of ether oxygens (including phenoxy) is 4. The number of benzene rings is 2. The maximum absolute atomic E-state index is 11.9. The minimum Gasteiger partial charge on any atom is -0.493 e. The normalized spacial score (nSPS) is 10.7. The van der Waals surface area contributed by atoms with Crippen LogP contribution in [-0.2, 0) is 0 Å². The molecule has 0 unspecified atom stereocenters. The number of fused-ring (bicyclic) bond motifs is 2. The Balaban J connectivity index is 0.000000161. The predicted molar refractivity (Wildman–Crippen MR) is 151 cm³/mol. The maximum atomic E-state index is 11.9. The van der Waals surface area contributed by atoms with E-state index in [1.807, 2.05) is 42.5 Å². The van der Waals surface area contributed by atoms with E-state index < -0.39 is 0 Å². The zero-order valence-electron chi connectivity index (χ0n) is 22.1. The second-order valence-corrected chi connectivity index (χ2v) is 8.69. The van der Waals surface area contributed by atoms with Crippen molar-refractivity contribution in [1.82, 2.24) is 28.7 Å². The topological polar surface area (TPSA) is 117 Å². The molecular weight excluding hydrogens is 536 g/mol. The number of rotatable bonds is 6. The van der Waals surface area contributed by atoms with Gasteiger partial charge in [0.15, 0.2) is 23.0 Å². The highest BCUT2D eigenvalue weighted by Crippen LogP contribution is 2.33. The molecule has 0 saturated heterocycles. The number of halogens is 1. The van der Waals surface area contributed by atoms with Crippen LogP contribution in [0.15, 0.2) is 78.1 Å². The van der Waals surface area contributed by atoms with E-state index in [2.05, 4.69) is 19.9 Å². The number of imidazole rings is 2. The van der Waals surface area contributed by atoms with Crippen molar-refractivity contribution < 1.29 is 18.9 Å².